The van der Waals surface area contributed by atoms with Gasteiger partial charge in [0.2, 0.25) is 17.5 Å². The Kier molecular flexibility index (Phi) is 40.7. The predicted octanol–water partition coefficient (Wildman–Crippen LogP) is 15.4. The van der Waals surface area contributed by atoms with Gasteiger partial charge < -0.3 is 66.2 Å². The maximum Gasteiger partial charge on any atom is 0.227 e. The van der Waals surface area contributed by atoms with Crippen LogP contribution >= 0.6 is 22.9 Å². The van der Waals surface area contributed by atoms with Gasteiger partial charge in [-0.25, -0.2) is 15.0 Å². The molecule has 8 heterocycles. The highest BCUT2D eigenvalue weighted by Gasteiger charge is 2.34. The van der Waals surface area contributed by atoms with Crippen molar-refractivity contribution in [3.05, 3.63) is 187 Å². The predicted molar refractivity (Wildman–Crippen MR) is 500 cm³/mol. The van der Waals surface area contributed by atoms with Crippen LogP contribution in [0.3, 0.4) is 0 Å². The van der Waals surface area contributed by atoms with E-state index in [9.17, 15) is 47.9 Å². The van der Waals surface area contributed by atoms with Crippen molar-refractivity contribution in [3.63, 3.8) is 0 Å². The van der Waals surface area contributed by atoms with E-state index in [0.717, 1.165) is 72.0 Å². The summed E-state index contributed by atoms with van der Waals surface area (Å²) < 4.78 is 50.3. The lowest BCUT2D eigenvalue weighted by Gasteiger charge is -2.16. The van der Waals surface area contributed by atoms with Crippen LogP contribution in [0.15, 0.2) is 103 Å². The average Bonchev–Trinajstić information content (AvgIpc) is 1.59. The van der Waals surface area contributed by atoms with Crippen molar-refractivity contribution in [1.82, 2.24) is 57.5 Å². The molecule has 0 radical (unpaired) electrons. The summed E-state index contributed by atoms with van der Waals surface area (Å²) >= 11 is 7.93. The Labute approximate surface area is 776 Å². The number of aliphatic imine (C=N–C) groups is 1. The van der Waals surface area contributed by atoms with E-state index < -0.39 is 6.04 Å². The van der Waals surface area contributed by atoms with Crippen LogP contribution in [-0.2, 0) is 92.2 Å². The quantitative estimate of drug-likeness (QED) is 0.0273. The molecule has 2 aromatic carbocycles. The van der Waals surface area contributed by atoms with Crippen LogP contribution in [-0.4, -0.2) is 227 Å². The Morgan fingerprint density at radius 2 is 0.947 bits per heavy atom. The number of aromatic nitrogens is 11. The Morgan fingerprint density at radius 3 is 1.46 bits per heavy atom. The van der Waals surface area contributed by atoms with Crippen molar-refractivity contribution in [2.45, 2.75) is 221 Å². The highest BCUT2D eigenvalue weighted by Crippen LogP contribution is 2.40. The van der Waals surface area contributed by atoms with Crippen molar-refractivity contribution in [2.75, 3.05) is 111 Å². The number of rotatable bonds is 64. The number of hydrogen-bond acceptors (Lipinski definition) is 25. The number of nitrogens with zero attached hydrogens (tertiary/aromatic N) is 13. The topological polar surface area (TPSA) is 357 Å². The molecular formula is C98H129ClN14O17S. The number of carbonyl (C=O) groups is 10. The summed E-state index contributed by atoms with van der Waals surface area (Å²) in [5.74, 6) is 1.68. The monoisotopic (exact) mass is 1840 g/mol. The molecule has 9 aromatic rings. The number of unbranched alkanes of at least 4 members (excludes halogenated alkanes) is 2. The zero-order valence-electron chi connectivity index (χ0n) is 78.0. The normalized spacial score (nSPS) is 12.6. The maximum atomic E-state index is 13.9. The maximum absolute atomic E-state index is 13.9. The first-order chi connectivity index (χ1) is 63.0. The number of benzene rings is 2. The van der Waals surface area contributed by atoms with Gasteiger partial charge in [0.05, 0.1) is 127 Å². The lowest BCUT2D eigenvalue weighted by atomic mass is 9.99. The van der Waals surface area contributed by atoms with Gasteiger partial charge in [-0.15, -0.1) is 21.5 Å². The molecule has 1 atom stereocenters. The summed E-state index contributed by atoms with van der Waals surface area (Å²) in [6.07, 6.45) is 16.9. The number of nitrogens with one attached hydrogen (secondary N) is 1. The zero-order chi connectivity index (χ0) is 94.0. The zero-order valence-corrected chi connectivity index (χ0v) is 79.6. The number of amides is 1. The van der Waals surface area contributed by atoms with Crippen molar-refractivity contribution in [2.24, 2.45) is 19.1 Å². The standard InChI is InChI=1S/C98H129ClN14O17S/c1-65(2)110-40-37-100-95(110)89(121)56-71-54-84(108(11)61-71)86(118)25-19-24-81(117)59-77-64-112(67(5)6)97(103-77)90(122)57-72-55-85(109(12)62-72)87(119)26-18-23-80(116)58-76-63-111(66(3)4)96(102-76)88(120)27-17-22-78(114)20-13-15-38-107(10)39-16-14-21-79(115)36-41-124-42-43-125-44-45-126-46-47-127-48-49-128-50-51-129-52-53-130-82-34-32-75(33-35-82)101-91(123)60-83-94-106-105-70(9)113(94)98-92(68(7)69(8)131-98)93(104-83)73-28-30-74(99)31-29-73/h28-35,37,40,54-55,61-67,83H,13-27,36,38-39,41-53,56-60H2,1-12H3,(H,101,123)/t83-/m0/s1. The number of Topliss-reactive ketones (excluding diaryl/α,β-unsaturated/α-hetero) is 9. The van der Waals surface area contributed by atoms with Gasteiger partial charge >= 0.3 is 0 Å². The molecule has 0 bridgehead atoms. The molecule has 10 rings (SSSR count). The number of hydrogen-bond donors (Lipinski definition) is 1. The number of anilines is 1. The third kappa shape index (κ3) is 31.6. The highest BCUT2D eigenvalue weighted by atomic mass is 35.5. The molecule has 1 aliphatic rings. The Balaban J connectivity index is 0.483. The largest absolute Gasteiger partial charge is 0.491 e. The molecule has 0 aliphatic carbocycles. The molecule has 706 valence electrons. The second kappa shape index (κ2) is 52.0. The summed E-state index contributed by atoms with van der Waals surface area (Å²) in [7, 11) is 5.53. The van der Waals surface area contributed by atoms with Crippen LogP contribution in [0, 0.1) is 20.8 Å². The van der Waals surface area contributed by atoms with E-state index >= 15 is 0 Å². The van der Waals surface area contributed by atoms with E-state index in [1.165, 1.54) is 4.88 Å². The van der Waals surface area contributed by atoms with Gasteiger partial charge in [-0.3, -0.25) is 57.5 Å². The number of halogens is 1. The number of ketones is 9. The fourth-order valence-corrected chi connectivity index (χ4v) is 16.9. The molecule has 0 saturated carbocycles. The molecule has 1 aliphatic heterocycles. The molecule has 0 fully saturated rings. The van der Waals surface area contributed by atoms with Gasteiger partial charge in [-0.1, -0.05) is 23.7 Å². The lowest BCUT2D eigenvalue weighted by molar-refractivity contribution is -0.121. The second-order valence-corrected chi connectivity index (χ2v) is 35.9. The summed E-state index contributed by atoms with van der Waals surface area (Å²) in [6.45, 7) is 24.6. The van der Waals surface area contributed by atoms with Crippen LogP contribution in [0.4, 0.5) is 5.69 Å². The van der Waals surface area contributed by atoms with E-state index in [-0.39, 0.29) is 158 Å². The van der Waals surface area contributed by atoms with Gasteiger partial charge in [0.25, 0.3) is 0 Å². The van der Waals surface area contributed by atoms with Crippen molar-refractivity contribution < 1.29 is 81.1 Å². The summed E-state index contributed by atoms with van der Waals surface area (Å²) in [4.78, 5) is 155. The van der Waals surface area contributed by atoms with Crippen LogP contribution in [0.2, 0.25) is 5.02 Å². The molecule has 33 heteroatoms. The fraction of sp³-hybridized carbons (Fsp3) is 0.531. The summed E-state index contributed by atoms with van der Waals surface area (Å²) in [5, 5.41) is 13.5. The molecule has 1 amide bonds. The van der Waals surface area contributed by atoms with Gasteiger partial charge in [0, 0.05) is 167 Å². The van der Waals surface area contributed by atoms with Crippen molar-refractivity contribution in [1.29, 1.82) is 0 Å². The smallest absolute Gasteiger partial charge is 0.227 e. The highest BCUT2D eigenvalue weighted by molar-refractivity contribution is 7.15. The van der Waals surface area contributed by atoms with Crippen LogP contribution in [0.1, 0.15) is 283 Å². The van der Waals surface area contributed by atoms with Gasteiger partial charge in [-0.2, -0.15) is 0 Å². The minimum atomic E-state index is -0.592. The molecule has 31 nitrogen and oxygen atoms in total. The minimum absolute atomic E-state index is 0.00117. The van der Waals surface area contributed by atoms with Gasteiger partial charge in [0.15, 0.2) is 40.6 Å². The average molecular weight is 1840 g/mol. The molecule has 131 heavy (non-hydrogen) atoms. The van der Waals surface area contributed by atoms with Crippen LogP contribution in [0.5, 0.6) is 5.75 Å². The van der Waals surface area contributed by atoms with Gasteiger partial charge in [-0.05, 0) is 193 Å². The number of aryl methyl sites for hydroxylation is 4. The van der Waals surface area contributed by atoms with E-state index in [2.05, 4.69) is 49.2 Å². The molecule has 7 aromatic heterocycles. The Hall–Kier alpha value is -10.6. The SMILES string of the molecule is Cc1sc2c(c1C)C(c1ccc(Cl)cc1)=N[C@@H](CC(=O)Nc1ccc(OCCOCCOCCOCCOCCOCCOCCC(=O)CCCCN(C)CCCCC(=O)CCCC(=O)c3nc(CC(=O)CCCC(=O)c4cc(CC(=O)c5nc(CC(=O)CCCC(=O)c6cc(CC(=O)c7nccn7C(C)C)cn6C)cn5C(C)C)cn4C)cn3C(C)C)cc1)c1nnc(C)n1-2. The van der Waals surface area contributed by atoms with E-state index in [1.807, 2.05) is 88.9 Å². The lowest BCUT2D eigenvalue weighted by Crippen LogP contribution is -2.21. The third-order valence-electron chi connectivity index (χ3n) is 22.7. The molecule has 0 saturated heterocycles. The van der Waals surface area contributed by atoms with Crippen molar-refractivity contribution in [3.8, 4) is 10.8 Å². The number of thiophene rings is 1. The summed E-state index contributed by atoms with van der Waals surface area (Å²) in [5.41, 5.74) is 7.51. The Bertz CT molecular complexity index is 5350. The number of carbonyl (C=O) groups excluding carboxylic acids is 10. The molecular weight excluding hydrogens is 1710 g/mol. The van der Waals surface area contributed by atoms with Gasteiger partial charge in [0.1, 0.15) is 52.4 Å². The first kappa shape index (κ1) is 103. The van der Waals surface area contributed by atoms with Crippen LogP contribution in [0.25, 0.3) is 5.00 Å². The van der Waals surface area contributed by atoms with E-state index in [0.29, 0.717) is 186 Å². The number of fused-ring (bicyclic) bond motifs is 3. The molecule has 1 N–H and O–H groups in total. The van der Waals surface area contributed by atoms with E-state index in [1.54, 1.807) is 117 Å². The van der Waals surface area contributed by atoms with Crippen LogP contribution < -0.4 is 10.1 Å². The summed E-state index contributed by atoms with van der Waals surface area (Å²) in [6, 6.07) is 17.4. The fourth-order valence-electron chi connectivity index (χ4n) is 15.6. The van der Waals surface area contributed by atoms with E-state index in [4.69, 9.17) is 49.8 Å². The number of ether oxygens (including phenoxy) is 7. The third-order valence-corrected chi connectivity index (χ3v) is 24.1. The number of imidazole rings is 3. The second-order valence-electron chi connectivity index (χ2n) is 34.3. The molecule has 0 spiro atoms. The molecule has 0 unspecified atom stereocenters. The Morgan fingerprint density at radius 1 is 0.489 bits per heavy atom. The minimum Gasteiger partial charge on any atom is -0.491 e. The van der Waals surface area contributed by atoms with Crippen molar-refractivity contribution >= 4 is 92.3 Å². The first-order valence-electron chi connectivity index (χ1n) is 45.7. The first-order valence-corrected chi connectivity index (χ1v) is 46.9.